The van der Waals surface area contributed by atoms with Crippen LogP contribution in [0.4, 0.5) is 4.39 Å². The number of alkyl halides is 1. The fraction of sp³-hybridized carbons (Fsp3) is 0.625. The Balaban J connectivity index is 2.04. The van der Waals surface area contributed by atoms with E-state index in [0.717, 1.165) is 19.4 Å². The highest BCUT2D eigenvalue weighted by Crippen LogP contribution is 1.98. The largest absolute Gasteiger partial charge is 0.273 e. The molecule has 1 heterocycles. The molecule has 2 nitrogen and oxygen atoms in total. The van der Waals surface area contributed by atoms with Crippen molar-refractivity contribution in [1.29, 1.82) is 0 Å². The summed E-state index contributed by atoms with van der Waals surface area (Å²) in [5.74, 6) is 0. The third-order valence-corrected chi connectivity index (χ3v) is 1.58. The minimum Gasteiger partial charge on any atom is -0.273 e. The molecule has 62 valence electrons. The summed E-state index contributed by atoms with van der Waals surface area (Å²) >= 11 is 0. The highest BCUT2D eigenvalue weighted by molar-refractivity contribution is 4.77. The zero-order valence-electron chi connectivity index (χ0n) is 6.54. The van der Waals surface area contributed by atoms with Gasteiger partial charge in [0.2, 0.25) is 0 Å². The van der Waals surface area contributed by atoms with Crippen LogP contribution in [0.15, 0.2) is 18.5 Å². The van der Waals surface area contributed by atoms with Gasteiger partial charge in [-0.2, -0.15) is 5.10 Å². The first-order valence-corrected chi connectivity index (χ1v) is 3.97. The lowest BCUT2D eigenvalue weighted by molar-refractivity contribution is 0.443. The van der Waals surface area contributed by atoms with Crippen molar-refractivity contribution in [3.8, 4) is 0 Å². The summed E-state index contributed by atoms with van der Waals surface area (Å²) in [6.45, 7) is 0.714. The third-order valence-electron chi connectivity index (χ3n) is 1.58. The van der Waals surface area contributed by atoms with Crippen LogP contribution in [0.1, 0.15) is 19.3 Å². The average molecular weight is 156 g/mol. The zero-order valence-corrected chi connectivity index (χ0v) is 6.54. The smallest absolute Gasteiger partial charge is 0.0894 e. The Morgan fingerprint density at radius 3 is 2.82 bits per heavy atom. The van der Waals surface area contributed by atoms with Gasteiger partial charge in [0.1, 0.15) is 0 Å². The van der Waals surface area contributed by atoms with Gasteiger partial charge in [-0.1, -0.05) is 0 Å². The van der Waals surface area contributed by atoms with Gasteiger partial charge in [0.05, 0.1) is 6.67 Å². The van der Waals surface area contributed by atoms with Gasteiger partial charge >= 0.3 is 0 Å². The molecule has 1 aromatic heterocycles. The highest BCUT2D eigenvalue weighted by atomic mass is 19.1. The molecule has 0 saturated heterocycles. The molecule has 0 spiro atoms. The molecule has 0 aliphatic heterocycles. The van der Waals surface area contributed by atoms with Crippen LogP contribution in [-0.2, 0) is 6.54 Å². The van der Waals surface area contributed by atoms with Gasteiger partial charge in [-0.3, -0.25) is 9.07 Å². The molecular weight excluding hydrogens is 143 g/mol. The maximum absolute atomic E-state index is 11.6. The first-order chi connectivity index (χ1) is 5.43. The lowest BCUT2D eigenvalue weighted by Crippen LogP contribution is -1.97. The first-order valence-electron chi connectivity index (χ1n) is 3.97. The summed E-state index contributed by atoms with van der Waals surface area (Å²) < 4.78 is 13.5. The van der Waals surface area contributed by atoms with E-state index in [1.165, 1.54) is 0 Å². The molecule has 0 amide bonds. The molecule has 0 N–H and O–H groups in total. The van der Waals surface area contributed by atoms with Crippen molar-refractivity contribution in [2.75, 3.05) is 6.67 Å². The van der Waals surface area contributed by atoms with Crippen molar-refractivity contribution in [2.45, 2.75) is 25.8 Å². The fourth-order valence-corrected chi connectivity index (χ4v) is 0.978. The summed E-state index contributed by atoms with van der Waals surface area (Å²) in [6, 6.07) is 1.90. The number of aromatic nitrogens is 2. The summed E-state index contributed by atoms with van der Waals surface area (Å²) in [4.78, 5) is 0. The second-order valence-corrected chi connectivity index (χ2v) is 2.52. The van der Waals surface area contributed by atoms with Crippen LogP contribution in [0, 0.1) is 0 Å². The standard InChI is InChI=1S/C8H13FN2/c9-5-2-1-3-7-11-8-4-6-10-11/h4,6,8H,1-3,5,7H2. The average Bonchev–Trinajstić information content (AvgIpc) is 2.50. The quantitative estimate of drug-likeness (QED) is 0.596. The normalized spacial score (nSPS) is 10.3. The van der Waals surface area contributed by atoms with E-state index in [9.17, 15) is 4.39 Å². The summed E-state index contributed by atoms with van der Waals surface area (Å²) in [5, 5.41) is 4.04. The van der Waals surface area contributed by atoms with Crippen LogP contribution >= 0.6 is 0 Å². The Hall–Kier alpha value is -0.860. The lowest BCUT2D eigenvalue weighted by atomic mass is 10.2. The minimum atomic E-state index is -0.195. The summed E-state index contributed by atoms with van der Waals surface area (Å²) in [7, 11) is 0. The number of halogens is 1. The Bertz CT molecular complexity index is 172. The fourth-order valence-electron chi connectivity index (χ4n) is 0.978. The monoisotopic (exact) mass is 156 g/mol. The maximum atomic E-state index is 11.6. The maximum Gasteiger partial charge on any atom is 0.0894 e. The Labute approximate surface area is 66.0 Å². The molecule has 1 aromatic rings. The van der Waals surface area contributed by atoms with Crippen LogP contribution in [0.5, 0.6) is 0 Å². The summed E-state index contributed by atoms with van der Waals surface area (Å²) in [6.07, 6.45) is 6.34. The van der Waals surface area contributed by atoms with Crippen molar-refractivity contribution in [3.05, 3.63) is 18.5 Å². The molecule has 0 unspecified atom stereocenters. The molecule has 0 radical (unpaired) electrons. The zero-order chi connectivity index (χ0) is 7.94. The van der Waals surface area contributed by atoms with Crippen LogP contribution in [0.25, 0.3) is 0 Å². The molecule has 0 bridgehead atoms. The van der Waals surface area contributed by atoms with E-state index >= 15 is 0 Å². The Morgan fingerprint density at radius 1 is 1.27 bits per heavy atom. The van der Waals surface area contributed by atoms with Gasteiger partial charge in [0, 0.05) is 18.9 Å². The molecule has 1 rings (SSSR count). The van der Waals surface area contributed by atoms with E-state index in [1.807, 2.05) is 16.9 Å². The molecule has 0 saturated carbocycles. The van der Waals surface area contributed by atoms with E-state index in [-0.39, 0.29) is 6.67 Å². The number of hydrogen-bond donors (Lipinski definition) is 0. The van der Waals surface area contributed by atoms with Gasteiger partial charge in [0.25, 0.3) is 0 Å². The third kappa shape index (κ3) is 3.16. The minimum absolute atomic E-state index is 0.195. The number of aryl methyl sites for hydroxylation is 1. The summed E-state index contributed by atoms with van der Waals surface area (Å²) in [5.41, 5.74) is 0. The molecule has 0 fully saturated rings. The molecule has 0 aliphatic rings. The molecule has 11 heavy (non-hydrogen) atoms. The topological polar surface area (TPSA) is 17.8 Å². The van der Waals surface area contributed by atoms with Crippen molar-refractivity contribution >= 4 is 0 Å². The Morgan fingerprint density at radius 2 is 2.18 bits per heavy atom. The predicted octanol–water partition coefficient (Wildman–Crippen LogP) is 2.02. The molecule has 0 aliphatic carbocycles. The van der Waals surface area contributed by atoms with Gasteiger partial charge in [-0.15, -0.1) is 0 Å². The van der Waals surface area contributed by atoms with Crippen molar-refractivity contribution in [3.63, 3.8) is 0 Å². The van der Waals surface area contributed by atoms with E-state index in [2.05, 4.69) is 5.10 Å². The first kappa shape index (κ1) is 8.24. The highest BCUT2D eigenvalue weighted by Gasteiger charge is 1.90. The molecule has 3 heteroatoms. The van der Waals surface area contributed by atoms with Gasteiger partial charge in [-0.25, -0.2) is 0 Å². The SMILES string of the molecule is FCCCCCn1cccn1. The van der Waals surface area contributed by atoms with E-state index in [4.69, 9.17) is 0 Å². The van der Waals surface area contributed by atoms with Crippen molar-refractivity contribution in [1.82, 2.24) is 9.78 Å². The second kappa shape index (κ2) is 4.88. The van der Waals surface area contributed by atoms with Crippen LogP contribution < -0.4 is 0 Å². The van der Waals surface area contributed by atoms with Crippen LogP contribution in [0.3, 0.4) is 0 Å². The lowest BCUT2D eigenvalue weighted by Gasteiger charge is -1.98. The number of unbranched alkanes of at least 4 members (excludes halogenated alkanes) is 2. The second-order valence-electron chi connectivity index (χ2n) is 2.52. The van der Waals surface area contributed by atoms with Gasteiger partial charge < -0.3 is 0 Å². The van der Waals surface area contributed by atoms with Gasteiger partial charge in [-0.05, 0) is 25.3 Å². The number of rotatable bonds is 5. The molecule has 0 aromatic carbocycles. The van der Waals surface area contributed by atoms with Crippen molar-refractivity contribution < 1.29 is 4.39 Å². The van der Waals surface area contributed by atoms with E-state index in [1.54, 1.807) is 6.20 Å². The molecular formula is C8H13FN2. The number of nitrogens with zero attached hydrogens (tertiary/aromatic N) is 2. The Kier molecular flexibility index (Phi) is 3.65. The van der Waals surface area contributed by atoms with Gasteiger partial charge in [0.15, 0.2) is 0 Å². The molecule has 0 atom stereocenters. The van der Waals surface area contributed by atoms with E-state index < -0.39 is 0 Å². The van der Waals surface area contributed by atoms with Crippen molar-refractivity contribution in [2.24, 2.45) is 0 Å². The predicted molar refractivity (Wildman–Crippen MR) is 42.1 cm³/mol. The van der Waals surface area contributed by atoms with Crippen LogP contribution in [0.2, 0.25) is 0 Å². The number of hydrogen-bond acceptors (Lipinski definition) is 1. The van der Waals surface area contributed by atoms with E-state index in [0.29, 0.717) is 6.42 Å². The van der Waals surface area contributed by atoms with Crippen LogP contribution in [-0.4, -0.2) is 16.5 Å².